The smallest absolute Gasteiger partial charge is 0.407 e. The molecular weight excluding hydrogens is 497 g/mol. The van der Waals surface area contributed by atoms with Gasteiger partial charge in [-0.2, -0.15) is 0 Å². The van der Waals surface area contributed by atoms with E-state index in [0.29, 0.717) is 13.1 Å². The Bertz CT molecular complexity index is 612. The number of ether oxygens (including phenoxy) is 1. The van der Waals surface area contributed by atoms with Gasteiger partial charge in [-0.3, -0.25) is 9.79 Å². The molecule has 2 rings (SSSR count). The van der Waals surface area contributed by atoms with Crippen molar-refractivity contribution in [3.63, 3.8) is 0 Å². The Morgan fingerprint density at radius 3 is 2.40 bits per heavy atom. The van der Waals surface area contributed by atoms with E-state index < -0.39 is 5.60 Å². The van der Waals surface area contributed by atoms with E-state index in [2.05, 4.69) is 15.5 Å². The number of amides is 2. The van der Waals surface area contributed by atoms with Crippen LogP contribution < -0.4 is 10.6 Å². The highest BCUT2D eigenvalue weighted by atomic mass is 127. The van der Waals surface area contributed by atoms with Gasteiger partial charge >= 0.3 is 6.09 Å². The molecule has 2 N–H and O–H groups in total. The predicted molar refractivity (Wildman–Crippen MR) is 130 cm³/mol. The second-order valence-corrected chi connectivity index (χ2v) is 9.44. The average Bonchev–Trinajstić information content (AvgIpc) is 3.26. The van der Waals surface area contributed by atoms with Crippen LogP contribution in [-0.2, 0) is 9.53 Å². The molecule has 1 unspecified atom stereocenters. The molecule has 2 fully saturated rings. The molecule has 8 nitrogen and oxygen atoms in total. The van der Waals surface area contributed by atoms with Crippen LogP contribution in [0.3, 0.4) is 0 Å². The van der Waals surface area contributed by atoms with Gasteiger partial charge in [-0.15, -0.1) is 24.0 Å². The summed E-state index contributed by atoms with van der Waals surface area (Å²) in [5.74, 6) is 0.999. The first-order valence-electron chi connectivity index (χ1n) is 10.8. The first kappa shape index (κ1) is 26.8. The van der Waals surface area contributed by atoms with E-state index in [1.807, 2.05) is 41.8 Å². The Hall–Kier alpha value is -1.26. The van der Waals surface area contributed by atoms with Crippen molar-refractivity contribution in [3.05, 3.63) is 0 Å². The largest absolute Gasteiger partial charge is 0.444 e. The summed E-state index contributed by atoms with van der Waals surface area (Å²) in [5.41, 5.74) is -0.884. The van der Waals surface area contributed by atoms with Gasteiger partial charge in [0.15, 0.2) is 5.96 Å². The Labute approximate surface area is 198 Å². The van der Waals surface area contributed by atoms with Crippen LogP contribution >= 0.6 is 24.0 Å². The number of rotatable bonds is 5. The number of guanidine groups is 1. The lowest BCUT2D eigenvalue weighted by Gasteiger charge is -2.30. The van der Waals surface area contributed by atoms with Crippen molar-refractivity contribution in [2.45, 2.75) is 71.4 Å². The summed E-state index contributed by atoms with van der Waals surface area (Å²) in [7, 11) is 3.65. The molecule has 1 atom stereocenters. The zero-order chi connectivity index (χ0) is 21.7. The Morgan fingerprint density at radius 1 is 1.23 bits per heavy atom. The van der Waals surface area contributed by atoms with Gasteiger partial charge in [-0.05, 0) is 47.0 Å². The van der Waals surface area contributed by atoms with Crippen LogP contribution in [0.5, 0.6) is 0 Å². The molecule has 1 heterocycles. The minimum Gasteiger partial charge on any atom is -0.444 e. The third-order valence-electron chi connectivity index (χ3n) is 5.50. The van der Waals surface area contributed by atoms with Gasteiger partial charge in [0.05, 0.1) is 18.0 Å². The van der Waals surface area contributed by atoms with Crippen molar-refractivity contribution >= 4 is 41.9 Å². The Morgan fingerprint density at radius 2 is 1.87 bits per heavy atom. The zero-order valence-corrected chi connectivity index (χ0v) is 21.7. The standard InChI is InChI=1S/C21H39N5O3.HI/c1-7-22-18(23-15-21(11-8-9-12-21)17(27)25(5)6)26-13-10-16(14-26)24-19(28)29-20(2,3)4;/h16H,7-15H2,1-6H3,(H,22,23)(H,24,28);1H. The van der Waals surface area contributed by atoms with Gasteiger partial charge in [-0.1, -0.05) is 12.8 Å². The number of carbonyl (C=O) groups is 2. The molecular formula is C21H40IN5O3. The number of nitrogens with zero attached hydrogens (tertiary/aromatic N) is 3. The van der Waals surface area contributed by atoms with Crippen molar-refractivity contribution in [1.82, 2.24) is 20.4 Å². The van der Waals surface area contributed by atoms with Crippen LogP contribution in [0.25, 0.3) is 0 Å². The van der Waals surface area contributed by atoms with Gasteiger partial charge in [0, 0.05) is 33.7 Å². The first-order valence-corrected chi connectivity index (χ1v) is 10.8. The maximum Gasteiger partial charge on any atom is 0.407 e. The lowest BCUT2D eigenvalue weighted by molar-refractivity contribution is -0.138. The first-order chi connectivity index (χ1) is 13.6. The minimum absolute atomic E-state index is 0. The molecule has 1 saturated carbocycles. The van der Waals surface area contributed by atoms with Crippen molar-refractivity contribution < 1.29 is 14.3 Å². The van der Waals surface area contributed by atoms with E-state index in [9.17, 15) is 9.59 Å². The summed E-state index contributed by atoms with van der Waals surface area (Å²) >= 11 is 0. The van der Waals surface area contributed by atoms with E-state index >= 15 is 0 Å². The summed E-state index contributed by atoms with van der Waals surface area (Å²) in [6.07, 6.45) is 4.42. The number of nitrogens with one attached hydrogen (secondary N) is 2. The monoisotopic (exact) mass is 537 g/mol. The lowest BCUT2D eigenvalue weighted by Crippen LogP contribution is -2.45. The van der Waals surface area contributed by atoms with Crippen molar-refractivity contribution in [2.24, 2.45) is 10.4 Å². The van der Waals surface area contributed by atoms with Crippen LogP contribution in [0, 0.1) is 5.41 Å². The number of halogens is 1. The SMILES string of the molecule is CCNC(=NCC1(C(=O)N(C)C)CCCC1)N1CCC(NC(=O)OC(C)(C)C)C1.I. The summed E-state index contributed by atoms with van der Waals surface area (Å²) in [5, 5.41) is 6.31. The van der Waals surface area contributed by atoms with Crippen molar-refractivity contribution in [2.75, 3.05) is 40.3 Å². The van der Waals surface area contributed by atoms with E-state index in [0.717, 1.165) is 51.2 Å². The molecule has 2 amide bonds. The molecule has 1 saturated heterocycles. The molecule has 0 aromatic carbocycles. The maximum absolute atomic E-state index is 12.8. The van der Waals surface area contributed by atoms with Gasteiger partial charge in [0.2, 0.25) is 5.91 Å². The summed E-state index contributed by atoms with van der Waals surface area (Å²) in [4.78, 5) is 33.6. The summed E-state index contributed by atoms with van der Waals surface area (Å²) < 4.78 is 5.36. The molecule has 174 valence electrons. The Balaban J connectivity index is 0.00000450. The van der Waals surface area contributed by atoms with E-state index in [1.165, 1.54) is 0 Å². The molecule has 0 bridgehead atoms. The van der Waals surface area contributed by atoms with Crippen LogP contribution in [0.1, 0.15) is 59.8 Å². The molecule has 30 heavy (non-hydrogen) atoms. The fourth-order valence-electron chi connectivity index (χ4n) is 4.16. The fourth-order valence-corrected chi connectivity index (χ4v) is 4.16. The second-order valence-electron chi connectivity index (χ2n) is 9.44. The Kier molecular flexibility index (Phi) is 10.2. The molecule has 0 aromatic rings. The van der Waals surface area contributed by atoms with E-state index in [1.54, 1.807) is 4.90 Å². The number of alkyl carbamates (subject to hydrolysis) is 1. The second kappa shape index (κ2) is 11.4. The van der Waals surface area contributed by atoms with Crippen molar-refractivity contribution in [1.29, 1.82) is 0 Å². The van der Waals surface area contributed by atoms with Crippen LogP contribution in [-0.4, -0.2) is 79.7 Å². The molecule has 0 aromatic heterocycles. The molecule has 9 heteroatoms. The number of aliphatic imine (C=N–C) groups is 1. The summed E-state index contributed by atoms with van der Waals surface area (Å²) in [6, 6.07) is 0.0255. The quantitative estimate of drug-likeness (QED) is 0.320. The number of likely N-dealkylation sites (tertiary alicyclic amines) is 1. The molecule has 1 aliphatic heterocycles. The molecule has 0 spiro atoms. The number of hydrogen-bond donors (Lipinski definition) is 2. The molecule has 1 aliphatic carbocycles. The normalized spacial score (nSPS) is 21.1. The number of hydrogen-bond acceptors (Lipinski definition) is 4. The predicted octanol–water partition coefficient (Wildman–Crippen LogP) is 2.82. The molecule has 0 radical (unpaired) electrons. The third-order valence-corrected chi connectivity index (χ3v) is 5.50. The summed E-state index contributed by atoms with van der Waals surface area (Å²) in [6.45, 7) is 10.4. The third kappa shape index (κ3) is 7.46. The van der Waals surface area contributed by atoms with E-state index in [-0.39, 0.29) is 47.4 Å². The lowest BCUT2D eigenvalue weighted by atomic mass is 9.85. The minimum atomic E-state index is -0.507. The van der Waals surface area contributed by atoms with Crippen molar-refractivity contribution in [3.8, 4) is 0 Å². The average molecular weight is 537 g/mol. The van der Waals surface area contributed by atoms with Crippen LogP contribution in [0.2, 0.25) is 0 Å². The number of carbonyl (C=O) groups excluding carboxylic acids is 2. The van der Waals surface area contributed by atoms with E-state index in [4.69, 9.17) is 9.73 Å². The van der Waals surface area contributed by atoms with Gasteiger partial charge < -0.3 is 25.2 Å². The highest BCUT2D eigenvalue weighted by Crippen LogP contribution is 2.39. The molecule has 2 aliphatic rings. The maximum atomic E-state index is 12.8. The van der Waals surface area contributed by atoms with Crippen LogP contribution in [0.4, 0.5) is 4.79 Å². The highest BCUT2D eigenvalue weighted by Gasteiger charge is 2.42. The van der Waals surface area contributed by atoms with Gasteiger partial charge in [0.1, 0.15) is 5.60 Å². The topological polar surface area (TPSA) is 86.3 Å². The fraction of sp³-hybridized carbons (Fsp3) is 0.857. The zero-order valence-electron chi connectivity index (χ0n) is 19.4. The highest BCUT2D eigenvalue weighted by molar-refractivity contribution is 14.0. The van der Waals surface area contributed by atoms with Crippen LogP contribution in [0.15, 0.2) is 4.99 Å². The van der Waals surface area contributed by atoms with Gasteiger partial charge in [-0.25, -0.2) is 4.79 Å². The van der Waals surface area contributed by atoms with Gasteiger partial charge in [0.25, 0.3) is 0 Å².